The Hall–Kier alpha value is -2.34. The highest BCUT2D eigenvalue weighted by Crippen LogP contribution is 2.26. The fraction of sp³-hybridized carbons (Fsp3) is 0.474. The zero-order chi connectivity index (χ0) is 17.5. The molecule has 0 bridgehead atoms. The predicted molar refractivity (Wildman–Crippen MR) is 98.7 cm³/mol. The molecular weight excluding hydrogens is 316 g/mol. The molecule has 0 saturated heterocycles. The molecule has 1 N–H and O–H groups in total. The van der Waals surface area contributed by atoms with Gasteiger partial charge in [0, 0.05) is 32.1 Å². The summed E-state index contributed by atoms with van der Waals surface area (Å²) in [6.45, 7) is 3.49. The highest BCUT2D eigenvalue weighted by molar-refractivity contribution is 5.48. The van der Waals surface area contributed by atoms with E-state index in [1.165, 1.54) is 11.3 Å². The Morgan fingerprint density at radius 1 is 1.12 bits per heavy atom. The van der Waals surface area contributed by atoms with Crippen LogP contribution in [0.2, 0.25) is 0 Å². The first-order valence-electron chi connectivity index (χ1n) is 8.80. The number of aromatic nitrogens is 2. The summed E-state index contributed by atoms with van der Waals surface area (Å²) < 4.78 is 11.2. The lowest BCUT2D eigenvalue weighted by atomic mass is 10.1. The summed E-state index contributed by atoms with van der Waals surface area (Å²) in [7, 11) is 3.75. The number of methoxy groups -OCH3 is 1. The van der Waals surface area contributed by atoms with E-state index in [0.29, 0.717) is 6.61 Å². The first-order chi connectivity index (χ1) is 12.3. The third-order valence-corrected chi connectivity index (χ3v) is 4.43. The maximum absolute atomic E-state index is 5.85. The second kappa shape index (κ2) is 8.67. The van der Waals surface area contributed by atoms with Crippen LogP contribution in [0.15, 0.2) is 30.6 Å². The Balaban J connectivity index is 1.55. The Morgan fingerprint density at radius 3 is 2.76 bits per heavy atom. The molecule has 0 spiro atoms. The van der Waals surface area contributed by atoms with Crippen LogP contribution >= 0.6 is 0 Å². The number of benzene rings is 1. The summed E-state index contributed by atoms with van der Waals surface area (Å²) in [5, 5.41) is 3.42. The van der Waals surface area contributed by atoms with E-state index in [0.717, 1.165) is 56.2 Å². The average Bonchev–Trinajstić information content (AvgIpc) is 2.90. The summed E-state index contributed by atoms with van der Waals surface area (Å²) >= 11 is 0. The minimum absolute atomic E-state index is 0.638. The van der Waals surface area contributed by atoms with E-state index >= 15 is 0 Å². The quantitative estimate of drug-likeness (QED) is 0.778. The number of fused-ring (bicyclic) bond motifs is 1. The van der Waals surface area contributed by atoms with Crippen molar-refractivity contribution in [2.24, 2.45) is 0 Å². The monoisotopic (exact) mass is 342 g/mol. The molecule has 25 heavy (non-hydrogen) atoms. The lowest BCUT2D eigenvalue weighted by Crippen LogP contribution is -2.24. The first-order valence-corrected chi connectivity index (χ1v) is 8.80. The van der Waals surface area contributed by atoms with Gasteiger partial charge in [0.05, 0.1) is 19.4 Å². The highest BCUT2D eigenvalue weighted by atomic mass is 16.5. The van der Waals surface area contributed by atoms with Crippen molar-refractivity contribution in [2.75, 3.05) is 45.3 Å². The Morgan fingerprint density at radius 2 is 1.92 bits per heavy atom. The standard InChI is InChI=1S/C19H26N4O2/c1-23(12-5-13-25-18-7-4-3-6-17(18)24-2)19-15-8-10-20-11-9-16(15)21-14-22-19/h3-4,6-7,14,20H,5,8-13H2,1-2H3. The van der Waals surface area contributed by atoms with E-state index in [1.807, 2.05) is 24.3 Å². The van der Waals surface area contributed by atoms with E-state index < -0.39 is 0 Å². The van der Waals surface area contributed by atoms with Crippen LogP contribution in [-0.2, 0) is 12.8 Å². The van der Waals surface area contributed by atoms with Crippen molar-refractivity contribution in [3.8, 4) is 11.5 Å². The number of para-hydroxylation sites is 2. The number of nitrogens with zero attached hydrogens (tertiary/aromatic N) is 3. The normalized spacial score (nSPS) is 13.7. The molecule has 0 atom stereocenters. The number of rotatable bonds is 7. The van der Waals surface area contributed by atoms with E-state index in [9.17, 15) is 0 Å². The Bertz CT molecular complexity index is 693. The molecule has 0 aliphatic carbocycles. The third kappa shape index (κ3) is 4.39. The van der Waals surface area contributed by atoms with Gasteiger partial charge in [-0.25, -0.2) is 9.97 Å². The third-order valence-electron chi connectivity index (χ3n) is 4.43. The zero-order valence-corrected chi connectivity index (χ0v) is 15.0. The topological polar surface area (TPSA) is 59.5 Å². The predicted octanol–water partition coefficient (Wildman–Crippen LogP) is 2.08. The molecule has 1 aliphatic heterocycles. The molecule has 2 aromatic rings. The zero-order valence-electron chi connectivity index (χ0n) is 15.0. The molecule has 6 nitrogen and oxygen atoms in total. The van der Waals surface area contributed by atoms with E-state index in [1.54, 1.807) is 13.4 Å². The van der Waals surface area contributed by atoms with Crippen LogP contribution in [0.25, 0.3) is 0 Å². The van der Waals surface area contributed by atoms with Gasteiger partial charge >= 0.3 is 0 Å². The summed E-state index contributed by atoms with van der Waals surface area (Å²) in [6, 6.07) is 7.73. The van der Waals surface area contributed by atoms with Crippen LogP contribution in [0.4, 0.5) is 5.82 Å². The van der Waals surface area contributed by atoms with Crippen molar-refractivity contribution in [3.63, 3.8) is 0 Å². The van der Waals surface area contributed by atoms with Gasteiger partial charge in [0.1, 0.15) is 12.1 Å². The van der Waals surface area contributed by atoms with Crippen LogP contribution in [0.5, 0.6) is 11.5 Å². The molecule has 0 radical (unpaired) electrons. The molecular formula is C19H26N4O2. The van der Waals surface area contributed by atoms with Crippen molar-refractivity contribution >= 4 is 5.82 Å². The largest absolute Gasteiger partial charge is 0.493 e. The van der Waals surface area contributed by atoms with Gasteiger partial charge in [-0.2, -0.15) is 0 Å². The van der Waals surface area contributed by atoms with Crippen molar-refractivity contribution in [1.82, 2.24) is 15.3 Å². The van der Waals surface area contributed by atoms with Gasteiger partial charge in [-0.15, -0.1) is 0 Å². The van der Waals surface area contributed by atoms with E-state index in [2.05, 4.69) is 27.2 Å². The molecule has 1 aliphatic rings. The van der Waals surface area contributed by atoms with Crippen molar-refractivity contribution in [2.45, 2.75) is 19.3 Å². The van der Waals surface area contributed by atoms with Gasteiger partial charge in [0.2, 0.25) is 0 Å². The van der Waals surface area contributed by atoms with E-state index in [-0.39, 0.29) is 0 Å². The minimum atomic E-state index is 0.638. The van der Waals surface area contributed by atoms with Crippen LogP contribution in [0.1, 0.15) is 17.7 Å². The van der Waals surface area contributed by atoms with Crippen LogP contribution in [-0.4, -0.2) is 50.4 Å². The molecule has 1 aromatic heterocycles. The summed E-state index contributed by atoms with van der Waals surface area (Å²) in [5.41, 5.74) is 2.45. The van der Waals surface area contributed by atoms with Gasteiger partial charge in [0.25, 0.3) is 0 Å². The maximum atomic E-state index is 5.85. The number of anilines is 1. The molecule has 0 fully saturated rings. The molecule has 0 amide bonds. The molecule has 0 unspecified atom stereocenters. The van der Waals surface area contributed by atoms with Gasteiger partial charge in [0.15, 0.2) is 11.5 Å². The van der Waals surface area contributed by atoms with Crippen molar-refractivity contribution in [1.29, 1.82) is 0 Å². The second-order valence-electron chi connectivity index (χ2n) is 6.15. The molecule has 3 rings (SSSR count). The Labute approximate surface area is 149 Å². The van der Waals surface area contributed by atoms with E-state index in [4.69, 9.17) is 9.47 Å². The summed E-state index contributed by atoms with van der Waals surface area (Å²) in [6.07, 6.45) is 4.54. The lowest BCUT2D eigenvalue weighted by molar-refractivity contribution is 0.290. The summed E-state index contributed by atoms with van der Waals surface area (Å²) in [5.74, 6) is 2.60. The van der Waals surface area contributed by atoms with Crippen LogP contribution in [0.3, 0.4) is 0 Å². The van der Waals surface area contributed by atoms with Crippen molar-refractivity contribution < 1.29 is 9.47 Å². The molecule has 0 saturated carbocycles. The maximum Gasteiger partial charge on any atom is 0.161 e. The van der Waals surface area contributed by atoms with Crippen molar-refractivity contribution in [3.05, 3.63) is 41.9 Å². The molecule has 6 heteroatoms. The minimum Gasteiger partial charge on any atom is -0.493 e. The molecule has 1 aromatic carbocycles. The second-order valence-corrected chi connectivity index (χ2v) is 6.15. The number of hydrogen-bond acceptors (Lipinski definition) is 6. The number of ether oxygens (including phenoxy) is 2. The lowest BCUT2D eigenvalue weighted by Gasteiger charge is -2.22. The van der Waals surface area contributed by atoms with Crippen LogP contribution < -0.4 is 19.7 Å². The number of hydrogen-bond donors (Lipinski definition) is 1. The van der Waals surface area contributed by atoms with Gasteiger partial charge < -0.3 is 19.7 Å². The van der Waals surface area contributed by atoms with Gasteiger partial charge in [-0.05, 0) is 31.5 Å². The fourth-order valence-corrected chi connectivity index (χ4v) is 3.11. The number of nitrogens with one attached hydrogen (secondary N) is 1. The Kier molecular flexibility index (Phi) is 6.06. The molecule has 134 valence electrons. The van der Waals surface area contributed by atoms with Gasteiger partial charge in [-0.1, -0.05) is 12.1 Å². The molecule has 2 heterocycles. The first kappa shape index (κ1) is 17.5. The fourth-order valence-electron chi connectivity index (χ4n) is 3.11. The average molecular weight is 342 g/mol. The van der Waals surface area contributed by atoms with Gasteiger partial charge in [-0.3, -0.25) is 0 Å². The summed E-state index contributed by atoms with van der Waals surface area (Å²) in [4.78, 5) is 11.2. The highest BCUT2D eigenvalue weighted by Gasteiger charge is 2.16. The smallest absolute Gasteiger partial charge is 0.161 e. The van der Waals surface area contributed by atoms with Crippen LogP contribution in [0, 0.1) is 0 Å². The SMILES string of the molecule is COc1ccccc1OCCCN(C)c1ncnc2c1CCNCC2.